The maximum absolute atomic E-state index is 5.68. The molecule has 0 aromatic carbocycles. The SMILES string of the molecule is CN=C(NCCCOCC1CCOC1)NCCCC(C)C.I. The van der Waals surface area contributed by atoms with Gasteiger partial charge in [-0.25, -0.2) is 0 Å². The van der Waals surface area contributed by atoms with Gasteiger partial charge in [-0.05, 0) is 31.6 Å². The van der Waals surface area contributed by atoms with E-state index in [1.165, 1.54) is 12.8 Å². The zero-order chi connectivity index (χ0) is 15.3. The highest BCUT2D eigenvalue weighted by Crippen LogP contribution is 2.12. The number of hydrogen-bond donors (Lipinski definition) is 2. The van der Waals surface area contributed by atoms with E-state index < -0.39 is 0 Å². The monoisotopic (exact) mass is 427 g/mol. The number of nitrogens with one attached hydrogen (secondary N) is 2. The van der Waals surface area contributed by atoms with Crippen molar-refractivity contribution in [2.75, 3.05) is 46.6 Å². The lowest BCUT2D eigenvalue weighted by Crippen LogP contribution is -2.38. The average Bonchev–Trinajstić information content (AvgIpc) is 2.97. The van der Waals surface area contributed by atoms with Crippen LogP contribution in [0, 0.1) is 11.8 Å². The molecule has 1 atom stereocenters. The maximum Gasteiger partial charge on any atom is 0.190 e. The van der Waals surface area contributed by atoms with Gasteiger partial charge in [0.1, 0.15) is 0 Å². The van der Waals surface area contributed by atoms with Crippen LogP contribution in [0.15, 0.2) is 4.99 Å². The van der Waals surface area contributed by atoms with Crippen LogP contribution < -0.4 is 10.6 Å². The fraction of sp³-hybridized carbons (Fsp3) is 0.938. The lowest BCUT2D eigenvalue weighted by Gasteiger charge is -2.13. The van der Waals surface area contributed by atoms with Crippen molar-refractivity contribution < 1.29 is 9.47 Å². The summed E-state index contributed by atoms with van der Waals surface area (Å²) in [5.41, 5.74) is 0. The summed E-state index contributed by atoms with van der Waals surface area (Å²) in [7, 11) is 1.81. The smallest absolute Gasteiger partial charge is 0.190 e. The van der Waals surface area contributed by atoms with Crippen molar-refractivity contribution in [3.63, 3.8) is 0 Å². The van der Waals surface area contributed by atoms with Crippen molar-refractivity contribution >= 4 is 29.9 Å². The Bertz CT molecular complexity index is 283. The first-order valence-corrected chi connectivity index (χ1v) is 8.32. The van der Waals surface area contributed by atoms with Gasteiger partial charge >= 0.3 is 0 Å². The summed E-state index contributed by atoms with van der Waals surface area (Å²) in [4.78, 5) is 4.22. The van der Waals surface area contributed by atoms with Crippen LogP contribution in [0.4, 0.5) is 0 Å². The van der Waals surface area contributed by atoms with Crippen molar-refractivity contribution in [1.82, 2.24) is 10.6 Å². The second-order valence-electron chi connectivity index (χ2n) is 6.12. The Balaban J connectivity index is 0.00000441. The molecule has 5 nitrogen and oxygen atoms in total. The molecule has 1 aliphatic rings. The van der Waals surface area contributed by atoms with E-state index in [2.05, 4.69) is 29.5 Å². The van der Waals surface area contributed by atoms with Crippen molar-refractivity contribution in [2.24, 2.45) is 16.8 Å². The normalized spacial score (nSPS) is 18.4. The Kier molecular flexibility index (Phi) is 14.5. The number of ether oxygens (including phenoxy) is 2. The van der Waals surface area contributed by atoms with E-state index in [0.29, 0.717) is 5.92 Å². The molecule has 1 rings (SSSR count). The van der Waals surface area contributed by atoms with Gasteiger partial charge in [0.05, 0.1) is 13.2 Å². The molecule has 0 amide bonds. The molecule has 1 fully saturated rings. The van der Waals surface area contributed by atoms with Crippen molar-refractivity contribution in [2.45, 2.75) is 39.5 Å². The van der Waals surface area contributed by atoms with Crippen molar-refractivity contribution in [1.29, 1.82) is 0 Å². The molecule has 1 heterocycles. The maximum atomic E-state index is 5.68. The molecule has 1 aliphatic heterocycles. The van der Waals surface area contributed by atoms with Crippen LogP contribution in [0.2, 0.25) is 0 Å². The van der Waals surface area contributed by atoms with Gasteiger partial charge in [0.2, 0.25) is 0 Å². The van der Waals surface area contributed by atoms with Crippen LogP contribution in [0.3, 0.4) is 0 Å². The highest BCUT2D eigenvalue weighted by molar-refractivity contribution is 14.0. The Hall–Kier alpha value is -0.0800. The molecule has 132 valence electrons. The number of guanidine groups is 1. The van der Waals surface area contributed by atoms with E-state index in [0.717, 1.165) is 64.2 Å². The summed E-state index contributed by atoms with van der Waals surface area (Å²) in [6.45, 7) is 9.78. The first kappa shape index (κ1) is 21.9. The summed E-state index contributed by atoms with van der Waals surface area (Å²) in [6, 6.07) is 0. The van der Waals surface area contributed by atoms with E-state index >= 15 is 0 Å². The predicted octanol–water partition coefficient (Wildman–Crippen LogP) is 2.65. The fourth-order valence-corrected chi connectivity index (χ4v) is 2.28. The van der Waals surface area contributed by atoms with E-state index in [4.69, 9.17) is 9.47 Å². The first-order valence-electron chi connectivity index (χ1n) is 8.32. The summed E-state index contributed by atoms with van der Waals surface area (Å²) in [6.07, 6.45) is 4.58. The van der Waals surface area contributed by atoms with Gasteiger partial charge in [-0.15, -0.1) is 24.0 Å². The Morgan fingerprint density at radius 2 is 2.00 bits per heavy atom. The number of nitrogens with zero attached hydrogens (tertiary/aromatic N) is 1. The topological polar surface area (TPSA) is 54.9 Å². The van der Waals surface area contributed by atoms with Gasteiger partial charge < -0.3 is 20.1 Å². The minimum absolute atomic E-state index is 0. The summed E-state index contributed by atoms with van der Waals surface area (Å²) >= 11 is 0. The quantitative estimate of drug-likeness (QED) is 0.244. The zero-order valence-electron chi connectivity index (χ0n) is 14.4. The minimum atomic E-state index is 0. The molecule has 0 aromatic rings. The number of hydrogen-bond acceptors (Lipinski definition) is 3. The lowest BCUT2D eigenvalue weighted by atomic mass is 10.1. The lowest BCUT2D eigenvalue weighted by molar-refractivity contribution is 0.0888. The Morgan fingerprint density at radius 1 is 1.27 bits per heavy atom. The van der Waals surface area contributed by atoms with E-state index in [-0.39, 0.29) is 24.0 Å². The summed E-state index contributed by atoms with van der Waals surface area (Å²) in [5, 5.41) is 6.66. The van der Waals surface area contributed by atoms with Crippen molar-refractivity contribution in [3.05, 3.63) is 0 Å². The van der Waals surface area contributed by atoms with Gasteiger partial charge in [-0.1, -0.05) is 13.8 Å². The third-order valence-corrected chi connectivity index (χ3v) is 3.61. The molecule has 0 radical (unpaired) electrons. The minimum Gasteiger partial charge on any atom is -0.381 e. The molecule has 1 unspecified atom stereocenters. The molecule has 0 saturated carbocycles. The molecule has 22 heavy (non-hydrogen) atoms. The van der Waals surface area contributed by atoms with Gasteiger partial charge in [-0.2, -0.15) is 0 Å². The molecule has 0 aromatic heterocycles. The van der Waals surface area contributed by atoms with Gasteiger partial charge in [0, 0.05) is 39.3 Å². The van der Waals surface area contributed by atoms with Crippen LogP contribution in [-0.4, -0.2) is 52.5 Å². The Morgan fingerprint density at radius 3 is 2.59 bits per heavy atom. The number of rotatable bonds is 10. The predicted molar refractivity (Wildman–Crippen MR) is 103 cm³/mol. The number of halogens is 1. The second-order valence-corrected chi connectivity index (χ2v) is 6.12. The molecule has 0 spiro atoms. The van der Waals surface area contributed by atoms with Crippen LogP contribution in [-0.2, 0) is 9.47 Å². The van der Waals surface area contributed by atoms with Gasteiger partial charge in [0.25, 0.3) is 0 Å². The third kappa shape index (κ3) is 11.5. The summed E-state index contributed by atoms with van der Waals surface area (Å²) < 4.78 is 11.0. The van der Waals surface area contributed by atoms with Gasteiger partial charge in [-0.3, -0.25) is 4.99 Å². The van der Waals surface area contributed by atoms with Crippen LogP contribution >= 0.6 is 24.0 Å². The number of aliphatic imine (C=N–C) groups is 1. The first-order chi connectivity index (χ1) is 10.2. The molecule has 0 bridgehead atoms. The molecule has 0 aliphatic carbocycles. The second kappa shape index (κ2) is 14.5. The van der Waals surface area contributed by atoms with Crippen LogP contribution in [0.1, 0.15) is 39.5 Å². The van der Waals surface area contributed by atoms with Gasteiger partial charge in [0.15, 0.2) is 5.96 Å². The van der Waals surface area contributed by atoms with E-state index in [1.54, 1.807) is 0 Å². The van der Waals surface area contributed by atoms with Crippen LogP contribution in [0.25, 0.3) is 0 Å². The van der Waals surface area contributed by atoms with Crippen molar-refractivity contribution in [3.8, 4) is 0 Å². The highest BCUT2D eigenvalue weighted by atomic mass is 127. The molecule has 2 N–H and O–H groups in total. The molecular formula is C16H34IN3O2. The van der Waals surface area contributed by atoms with E-state index in [9.17, 15) is 0 Å². The Labute approximate surface area is 153 Å². The fourth-order valence-electron chi connectivity index (χ4n) is 2.28. The highest BCUT2D eigenvalue weighted by Gasteiger charge is 2.15. The standard InChI is InChI=1S/C16H33N3O2.HI/c1-14(2)6-4-8-18-16(17-3)19-9-5-10-20-12-15-7-11-21-13-15;/h14-15H,4-13H2,1-3H3,(H2,17,18,19);1H. The average molecular weight is 427 g/mol. The van der Waals surface area contributed by atoms with E-state index in [1.807, 2.05) is 7.05 Å². The third-order valence-electron chi connectivity index (χ3n) is 3.61. The molecular weight excluding hydrogens is 393 g/mol. The largest absolute Gasteiger partial charge is 0.381 e. The van der Waals surface area contributed by atoms with Crippen LogP contribution in [0.5, 0.6) is 0 Å². The molecule has 1 saturated heterocycles. The molecule has 6 heteroatoms. The summed E-state index contributed by atoms with van der Waals surface area (Å²) in [5.74, 6) is 2.26. The zero-order valence-corrected chi connectivity index (χ0v) is 16.7.